The topological polar surface area (TPSA) is 30.5 Å². The molecule has 1 aliphatic heterocycles. The van der Waals surface area contributed by atoms with Gasteiger partial charge in [0.25, 0.3) is 0 Å². The lowest BCUT2D eigenvalue weighted by molar-refractivity contribution is 0.0646. The quantitative estimate of drug-likeness (QED) is 0.598. The molecule has 0 unspecified atom stereocenters. The Hall–Kier alpha value is -0.120. The fraction of sp³-hybridized carbons (Fsp3) is 1.00. The van der Waals surface area contributed by atoms with Crippen LogP contribution in [-0.2, 0) is 9.47 Å². The van der Waals surface area contributed by atoms with Crippen molar-refractivity contribution >= 4 is 0 Å². The second kappa shape index (κ2) is 6.40. The maximum atomic E-state index is 5.38. The fourth-order valence-electron chi connectivity index (χ4n) is 1.46. The summed E-state index contributed by atoms with van der Waals surface area (Å²) < 4.78 is 10.3. The summed E-state index contributed by atoms with van der Waals surface area (Å²) in [6, 6.07) is 0. The van der Waals surface area contributed by atoms with E-state index < -0.39 is 0 Å². The number of hydrogen-bond acceptors (Lipinski definition) is 3. The predicted octanol–water partition coefficient (Wildman–Crippen LogP) is 0.649. The Morgan fingerprint density at radius 3 is 2.92 bits per heavy atom. The monoisotopic (exact) mass is 173 g/mol. The van der Waals surface area contributed by atoms with Gasteiger partial charge in [0.15, 0.2) is 0 Å². The molecule has 0 aliphatic carbocycles. The lowest BCUT2D eigenvalue weighted by Gasteiger charge is -2.07. The molecule has 72 valence electrons. The molecule has 3 nitrogen and oxygen atoms in total. The van der Waals surface area contributed by atoms with Crippen LogP contribution in [-0.4, -0.2) is 40.0 Å². The molecule has 0 bridgehead atoms. The van der Waals surface area contributed by atoms with Gasteiger partial charge >= 0.3 is 0 Å². The van der Waals surface area contributed by atoms with Crippen molar-refractivity contribution in [1.29, 1.82) is 0 Å². The van der Waals surface area contributed by atoms with Gasteiger partial charge in [-0.2, -0.15) is 0 Å². The van der Waals surface area contributed by atoms with Gasteiger partial charge in [0, 0.05) is 13.7 Å². The van der Waals surface area contributed by atoms with Gasteiger partial charge in [0.05, 0.1) is 13.2 Å². The van der Waals surface area contributed by atoms with Gasteiger partial charge in [-0.25, -0.2) is 0 Å². The van der Waals surface area contributed by atoms with Gasteiger partial charge in [0.2, 0.25) is 0 Å². The highest BCUT2D eigenvalue weighted by molar-refractivity contribution is 4.70. The van der Waals surface area contributed by atoms with E-state index in [9.17, 15) is 0 Å². The van der Waals surface area contributed by atoms with E-state index in [0.29, 0.717) is 6.61 Å². The van der Waals surface area contributed by atoms with Crippen LogP contribution in [0.5, 0.6) is 0 Å². The van der Waals surface area contributed by atoms with Gasteiger partial charge < -0.3 is 14.8 Å². The molecule has 1 atom stereocenters. The summed E-state index contributed by atoms with van der Waals surface area (Å²) in [5, 5.41) is 3.34. The summed E-state index contributed by atoms with van der Waals surface area (Å²) in [5.41, 5.74) is 0. The standard InChI is InChI=1S/C9H19NO2/c1-11-6-7-12-5-3-9-2-4-10-8-9/h9-10H,2-8H2,1H3/t9-/m0/s1. The minimum Gasteiger partial charge on any atom is -0.382 e. The lowest BCUT2D eigenvalue weighted by Crippen LogP contribution is -2.11. The Bertz CT molecular complexity index is 103. The first-order valence-electron chi connectivity index (χ1n) is 4.71. The number of methoxy groups -OCH3 is 1. The molecule has 0 spiro atoms. The normalized spacial score (nSPS) is 23.2. The molecule has 12 heavy (non-hydrogen) atoms. The van der Waals surface area contributed by atoms with E-state index in [1.807, 2.05) is 0 Å². The number of hydrogen-bond donors (Lipinski definition) is 1. The summed E-state index contributed by atoms with van der Waals surface area (Å²) in [4.78, 5) is 0. The van der Waals surface area contributed by atoms with Crippen molar-refractivity contribution in [2.45, 2.75) is 12.8 Å². The second-order valence-corrected chi connectivity index (χ2v) is 3.25. The average molecular weight is 173 g/mol. The van der Waals surface area contributed by atoms with Gasteiger partial charge in [-0.3, -0.25) is 0 Å². The zero-order valence-corrected chi connectivity index (χ0v) is 7.84. The fourth-order valence-corrected chi connectivity index (χ4v) is 1.46. The second-order valence-electron chi connectivity index (χ2n) is 3.25. The summed E-state index contributed by atoms with van der Waals surface area (Å²) in [5.74, 6) is 0.840. The van der Waals surface area contributed by atoms with E-state index in [1.54, 1.807) is 7.11 Å². The first-order valence-corrected chi connectivity index (χ1v) is 4.71. The zero-order valence-electron chi connectivity index (χ0n) is 7.84. The third kappa shape index (κ3) is 4.04. The number of rotatable bonds is 6. The maximum absolute atomic E-state index is 5.38. The summed E-state index contributed by atoms with van der Waals surface area (Å²) in [6.45, 7) is 4.69. The highest BCUT2D eigenvalue weighted by atomic mass is 16.5. The van der Waals surface area contributed by atoms with E-state index in [1.165, 1.54) is 25.9 Å². The molecule has 1 fully saturated rings. The molecule has 0 radical (unpaired) electrons. The van der Waals surface area contributed by atoms with Gasteiger partial charge in [-0.1, -0.05) is 0 Å². The van der Waals surface area contributed by atoms with E-state index in [4.69, 9.17) is 9.47 Å². The van der Waals surface area contributed by atoms with Crippen LogP contribution in [0.15, 0.2) is 0 Å². The molecule has 0 aromatic carbocycles. The molecule has 0 amide bonds. The van der Waals surface area contributed by atoms with E-state index >= 15 is 0 Å². The highest BCUT2D eigenvalue weighted by Gasteiger charge is 2.13. The van der Waals surface area contributed by atoms with Crippen molar-refractivity contribution in [3.8, 4) is 0 Å². The molecule has 0 saturated carbocycles. The molecule has 1 N–H and O–H groups in total. The van der Waals surface area contributed by atoms with Crippen LogP contribution in [0.25, 0.3) is 0 Å². The summed E-state index contributed by atoms with van der Waals surface area (Å²) in [6.07, 6.45) is 2.50. The smallest absolute Gasteiger partial charge is 0.0700 e. The molecule has 0 aromatic rings. The van der Waals surface area contributed by atoms with E-state index in [0.717, 1.165) is 19.1 Å². The summed E-state index contributed by atoms with van der Waals surface area (Å²) in [7, 11) is 1.70. The van der Waals surface area contributed by atoms with Crippen LogP contribution in [0.1, 0.15) is 12.8 Å². The van der Waals surface area contributed by atoms with Crippen LogP contribution in [0.3, 0.4) is 0 Å². The minimum atomic E-state index is 0.711. The Morgan fingerprint density at radius 1 is 1.33 bits per heavy atom. The molecule has 1 rings (SSSR count). The van der Waals surface area contributed by atoms with Crippen LogP contribution < -0.4 is 5.32 Å². The Morgan fingerprint density at radius 2 is 2.25 bits per heavy atom. The first-order chi connectivity index (χ1) is 5.93. The highest BCUT2D eigenvalue weighted by Crippen LogP contribution is 2.11. The Kier molecular flexibility index (Phi) is 5.32. The molecule has 1 heterocycles. The van der Waals surface area contributed by atoms with E-state index in [-0.39, 0.29) is 0 Å². The van der Waals surface area contributed by atoms with Crippen molar-refractivity contribution in [3.05, 3.63) is 0 Å². The van der Waals surface area contributed by atoms with Crippen molar-refractivity contribution in [2.75, 3.05) is 40.0 Å². The van der Waals surface area contributed by atoms with Crippen molar-refractivity contribution < 1.29 is 9.47 Å². The van der Waals surface area contributed by atoms with Crippen molar-refractivity contribution in [1.82, 2.24) is 5.32 Å². The molecular formula is C9H19NO2. The molecule has 3 heteroatoms. The van der Waals surface area contributed by atoms with Gasteiger partial charge in [-0.05, 0) is 31.8 Å². The SMILES string of the molecule is COCCOCC[C@@H]1CCNC1. The van der Waals surface area contributed by atoms with Crippen LogP contribution in [0, 0.1) is 5.92 Å². The van der Waals surface area contributed by atoms with Crippen LogP contribution >= 0.6 is 0 Å². The van der Waals surface area contributed by atoms with Crippen molar-refractivity contribution in [2.24, 2.45) is 5.92 Å². The van der Waals surface area contributed by atoms with Crippen molar-refractivity contribution in [3.63, 3.8) is 0 Å². The Labute approximate surface area is 74.4 Å². The van der Waals surface area contributed by atoms with Crippen LogP contribution in [0.2, 0.25) is 0 Å². The number of ether oxygens (including phenoxy) is 2. The predicted molar refractivity (Wildman–Crippen MR) is 48.3 cm³/mol. The number of nitrogens with one attached hydrogen (secondary N) is 1. The molecule has 1 saturated heterocycles. The van der Waals surface area contributed by atoms with Gasteiger partial charge in [0.1, 0.15) is 0 Å². The molecular weight excluding hydrogens is 154 g/mol. The maximum Gasteiger partial charge on any atom is 0.0700 e. The Balaban J connectivity index is 1.81. The third-order valence-electron chi connectivity index (χ3n) is 2.26. The lowest BCUT2D eigenvalue weighted by atomic mass is 10.1. The zero-order chi connectivity index (χ0) is 8.65. The third-order valence-corrected chi connectivity index (χ3v) is 2.26. The molecule has 0 aromatic heterocycles. The molecule has 1 aliphatic rings. The van der Waals surface area contributed by atoms with Crippen LogP contribution in [0.4, 0.5) is 0 Å². The summed E-state index contributed by atoms with van der Waals surface area (Å²) >= 11 is 0. The van der Waals surface area contributed by atoms with Gasteiger partial charge in [-0.15, -0.1) is 0 Å². The minimum absolute atomic E-state index is 0.711. The largest absolute Gasteiger partial charge is 0.382 e. The first kappa shape index (κ1) is 9.96. The average Bonchev–Trinajstić information content (AvgIpc) is 2.57. The van der Waals surface area contributed by atoms with E-state index in [2.05, 4.69) is 5.32 Å².